The fourth-order valence-corrected chi connectivity index (χ4v) is 2.78. The third-order valence-electron chi connectivity index (χ3n) is 3.02. The molecule has 1 saturated heterocycles. The van der Waals surface area contributed by atoms with Crippen molar-refractivity contribution in [2.75, 3.05) is 13.1 Å². The quantitative estimate of drug-likeness (QED) is 0.869. The number of amides is 1. The number of nitrogens with zero attached hydrogens (tertiary/aromatic N) is 1. The summed E-state index contributed by atoms with van der Waals surface area (Å²) < 4.78 is 24.9. The Kier molecular flexibility index (Phi) is 4.76. The van der Waals surface area contributed by atoms with Crippen LogP contribution in [-0.2, 0) is 0 Å². The first-order valence-electron chi connectivity index (χ1n) is 6.09. The number of carbonyl (C=O) groups is 1. The number of carbonyl (C=O) groups excluding carboxylic acids is 1. The molecule has 0 bridgehead atoms. The van der Waals surface area contributed by atoms with E-state index in [1.54, 1.807) is 18.2 Å². The largest absolute Gasteiger partial charge is 0.391 e. The Morgan fingerprint density at radius 3 is 2.84 bits per heavy atom. The second-order valence-corrected chi connectivity index (χ2v) is 5.45. The van der Waals surface area contributed by atoms with Crippen molar-refractivity contribution in [2.24, 2.45) is 0 Å². The molecular formula is C13H15F2NO2S. The average molecular weight is 287 g/mol. The van der Waals surface area contributed by atoms with Crippen LogP contribution in [0.1, 0.15) is 23.2 Å². The highest BCUT2D eigenvalue weighted by Crippen LogP contribution is 2.29. The van der Waals surface area contributed by atoms with E-state index in [2.05, 4.69) is 0 Å². The van der Waals surface area contributed by atoms with Gasteiger partial charge in [-0.15, -0.1) is 0 Å². The molecule has 104 valence electrons. The smallest absolute Gasteiger partial charge is 0.288 e. The molecule has 0 aliphatic carbocycles. The van der Waals surface area contributed by atoms with Crippen LogP contribution in [-0.4, -0.2) is 40.9 Å². The van der Waals surface area contributed by atoms with Gasteiger partial charge >= 0.3 is 0 Å². The van der Waals surface area contributed by atoms with E-state index in [1.165, 1.54) is 11.0 Å². The molecule has 6 heteroatoms. The molecule has 1 amide bonds. The van der Waals surface area contributed by atoms with Crippen molar-refractivity contribution >= 4 is 17.7 Å². The maximum Gasteiger partial charge on any atom is 0.288 e. The van der Waals surface area contributed by atoms with Gasteiger partial charge in [0.25, 0.3) is 11.7 Å². The highest BCUT2D eigenvalue weighted by atomic mass is 32.2. The Labute approximate surface area is 114 Å². The third kappa shape index (κ3) is 3.67. The molecule has 2 rings (SSSR count). The summed E-state index contributed by atoms with van der Waals surface area (Å²) in [6, 6.07) is 6.36. The summed E-state index contributed by atoms with van der Waals surface area (Å²) in [5, 5.41) is 9.57. The van der Waals surface area contributed by atoms with Gasteiger partial charge in [-0.25, -0.2) is 0 Å². The highest BCUT2D eigenvalue weighted by molar-refractivity contribution is 7.99. The summed E-state index contributed by atoms with van der Waals surface area (Å²) in [5.74, 6) is -2.84. The molecule has 0 radical (unpaired) electrons. The summed E-state index contributed by atoms with van der Waals surface area (Å²) in [6.07, 6.45) is 0.890. The third-order valence-corrected chi connectivity index (χ3v) is 3.81. The van der Waals surface area contributed by atoms with Crippen LogP contribution in [0.2, 0.25) is 0 Å². The summed E-state index contributed by atoms with van der Waals surface area (Å²) >= 11 is 0.375. The monoisotopic (exact) mass is 287 g/mol. The Morgan fingerprint density at radius 1 is 1.42 bits per heavy atom. The van der Waals surface area contributed by atoms with Gasteiger partial charge in [0.2, 0.25) is 0 Å². The molecule has 1 aromatic rings. The van der Waals surface area contributed by atoms with Crippen LogP contribution in [0.15, 0.2) is 29.2 Å². The summed E-state index contributed by atoms with van der Waals surface area (Å²) in [4.78, 5) is 14.1. The van der Waals surface area contributed by atoms with E-state index in [-0.39, 0.29) is 22.9 Å². The standard InChI is InChI=1S/C13H15F2NO2S/c14-13(15)19-11-6-2-1-5-10(11)12(18)16-7-3-4-9(17)8-16/h1-2,5-6,9,13,17H,3-4,7-8H2. The Morgan fingerprint density at radius 2 is 2.16 bits per heavy atom. The molecule has 0 saturated carbocycles. The lowest BCUT2D eigenvalue weighted by Crippen LogP contribution is -2.42. The van der Waals surface area contributed by atoms with Crippen molar-refractivity contribution in [3.05, 3.63) is 29.8 Å². The van der Waals surface area contributed by atoms with Gasteiger partial charge in [-0.1, -0.05) is 23.9 Å². The van der Waals surface area contributed by atoms with Gasteiger partial charge in [-0.2, -0.15) is 8.78 Å². The van der Waals surface area contributed by atoms with Crippen molar-refractivity contribution in [2.45, 2.75) is 29.6 Å². The van der Waals surface area contributed by atoms with Crippen LogP contribution in [0.4, 0.5) is 8.78 Å². The predicted octanol–water partition coefficient (Wildman–Crippen LogP) is 2.60. The zero-order chi connectivity index (χ0) is 13.8. The van der Waals surface area contributed by atoms with Gasteiger partial charge in [0.1, 0.15) is 0 Å². The lowest BCUT2D eigenvalue weighted by Gasteiger charge is -2.30. The van der Waals surface area contributed by atoms with E-state index in [0.29, 0.717) is 24.7 Å². The molecular weight excluding hydrogens is 272 g/mol. The van der Waals surface area contributed by atoms with Crippen LogP contribution in [0.25, 0.3) is 0 Å². The van der Waals surface area contributed by atoms with Crippen LogP contribution in [0.3, 0.4) is 0 Å². The van der Waals surface area contributed by atoms with Gasteiger partial charge < -0.3 is 10.0 Å². The summed E-state index contributed by atoms with van der Waals surface area (Å²) in [7, 11) is 0. The number of aliphatic hydroxyl groups is 1. The summed E-state index contributed by atoms with van der Waals surface area (Å²) in [6.45, 7) is 0.829. The SMILES string of the molecule is O=C(c1ccccc1SC(F)F)N1CCCC(O)C1. The second-order valence-electron chi connectivity index (χ2n) is 4.42. The number of likely N-dealkylation sites (tertiary alicyclic amines) is 1. The van der Waals surface area contributed by atoms with Crippen molar-refractivity contribution < 1.29 is 18.7 Å². The van der Waals surface area contributed by atoms with Crippen LogP contribution >= 0.6 is 11.8 Å². The Hall–Kier alpha value is -1.14. The zero-order valence-corrected chi connectivity index (χ0v) is 11.1. The molecule has 1 fully saturated rings. The first-order chi connectivity index (χ1) is 9.08. The van der Waals surface area contributed by atoms with Crippen LogP contribution in [0.5, 0.6) is 0 Å². The van der Waals surface area contributed by atoms with E-state index < -0.39 is 11.9 Å². The van der Waals surface area contributed by atoms with Gasteiger partial charge in [-0.05, 0) is 25.0 Å². The number of hydrogen-bond donors (Lipinski definition) is 1. The lowest BCUT2D eigenvalue weighted by molar-refractivity contribution is 0.0471. The minimum atomic E-state index is -2.55. The molecule has 1 unspecified atom stereocenters. The number of rotatable bonds is 3. The molecule has 19 heavy (non-hydrogen) atoms. The van der Waals surface area contributed by atoms with E-state index >= 15 is 0 Å². The lowest BCUT2D eigenvalue weighted by atomic mass is 10.1. The zero-order valence-electron chi connectivity index (χ0n) is 10.3. The Bertz CT molecular complexity index is 456. The molecule has 1 aromatic carbocycles. The molecule has 1 atom stereocenters. The van der Waals surface area contributed by atoms with E-state index in [9.17, 15) is 18.7 Å². The van der Waals surface area contributed by atoms with Crippen LogP contribution < -0.4 is 0 Å². The van der Waals surface area contributed by atoms with Gasteiger partial charge in [-0.3, -0.25) is 4.79 Å². The first kappa shape index (κ1) is 14.3. The highest BCUT2D eigenvalue weighted by Gasteiger charge is 2.25. The number of aliphatic hydroxyl groups excluding tert-OH is 1. The molecule has 1 N–H and O–H groups in total. The number of halogens is 2. The molecule has 1 heterocycles. The molecule has 0 spiro atoms. The van der Waals surface area contributed by atoms with Gasteiger partial charge in [0, 0.05) is 18.0 Å². The fourth-order valence-electron chi connectivity index (χ4n) is 2.15. The maximum atomic E-state index is 12.5. The van der Waals surface area contributed by atoms with Gasteiger partial charge in [0.05, 0.1) is 11.7 Å². The Balaban J connectivity index is 2.18. The van der Waals surface area contributed by atoms with E-state index in [1.807, 2.05) is 0 Å². The average Bonchev–Trinajstić information content (AvgIpc) is 2.38. The predicted molar refractivity (Wildman–Crippen MR) is 69.4 cm³/mol. The topological polar surface area (TPSA) is 40.5 Å². The minimum absolute atomic E-state index is 0.270. The van der Waals surface area contributed by atoms with Crippen molar-refractivity contribution in [3.63, 3.8) is 0 Å². The number of thioether (sulfide) groups is 1. The number of hydrogen-bond acceptors (Lipinski definition) is 3. The van der Waals surface area contributed by atoms with E-state index in [0.717, 1.165) is 6.42 Å². The van der Waals surface area contributed by atoms with Crippen molar-refractivity contribution in [1.29, 1.82) is 0 Å². The molecule has 1 aliphatic heterocycles. The second kappa shape index (κ2) is 6.34. The van der Waals surface area contributed by atoms with Crippen molar-refractivity contribution in [3.8, 4) is 0 Å². The number of benzene rings is 1. The number of piperidine rings is 1. The number of β-amino-alcohol motifs (C(OH)–C–C–N with tert-alkyl or cyclic N) is 1. The van der Waals surface area contributed by atoms with Gasteiger partial charge in [0.15, 0.2) is 0 Å². The fraction of sp³-hybridized carbons (Fsp3) is 0.462. The molecule has 0 aromatic heterocycles. The normalized spacial score (nSPS) is 19.8. The van der Waals surface area contributed by atoms with Crippen molar-refractivity contribution in [1.82, 2.24) is 4.90 Å². The first-order valence-corrected chi connectivity index (χ1v) is 6.97. The van der Waals surface area contributed by atoms with Crippen LogP contribution in [0, 0.1) is 0 Å². The molecule has 1 aliphatic rings. The van der Waals surface area contributed by atoms with E-state index in [4.69, 9.17) is 0 Å². The minimum Gasteiger partial charge on any atom is -0.391 e. The molecule has 3 nitrogen and oxygen atoms in total. The summed E-state index contributed by atoms with van der Waals surface area (Å²) in [5.41, 5.74) is 0.280. The maximum absolute atomic E-state index is 12.5. The number of alkyl halides is 2.